The van der Waals surface area contributed by atoms with Gasteiger partial charge in [0.05, 0.1) is 13.7 Å². The number of fused-ring (bicyclic) bond motifs is 1. The van der Waals surface area contributed by atoms with Crippen LogP contribution in [0.15, 0.2) is 42.5 Å². The van der Waals surface area contributed by atoms with Gasteiger partial charge in [0.25, 0.3) is 5.91 Å². The van der Waals surface area contributed by atoms with Crippen LogP contribution >= 0.6 is 0 Å². The number of carbonyl (C=O) groups excluding carboxylic acids is 1. The zero-order valence-electron chi connectivity index (χ0n) is 13.0. The van der Waals surface area contributed by atoms with Crippen LogP contribution in [0.3, 0.4) is 0 Å². The van der Waals surface area contributed by atoms with Crippen molar-refractivity contribution in [2.24, 2.45) is 0 Å². The first-order valence-corrected chi connectivity index (χ1v) is 7.50. The molecule has 5 nitrogen and oxygen atoms in total. The fourth-order valence-electron chi connectivity index (χ4n) is 2.69. The summed E-state index contributed by atoms with van der Waals surface area (Å²) >= 11 is 0. The van der Waals surface area contributed by atoms with Gasteiger partial charge in [0.15, 0.2) is 11.5 Å². The normalized spacial score (nSPS) is 13.1. The molecule has 0 spiro atoms. The van der Waals surface area contributed by atoms with Crippen LogP contribution in [0, 0.1) is 0 Å². The average molecular weight is 313 g/mol. The highest BCUT2D eigenvalue weighted by Gasteiger charge is 2.29. The van der Waals surface area contributed by atoms with Crippen molar-refractivity contribution in [2.75, 3.05) is 20.3 Å². The highest BCUT2D eigenvalue weighted by molar-refractivity contribution is 5.99. The van der Waals surface area contributed by atoms with Gasteiger partial charge in [-0.2, -0.15) is 0 Å². The molecule has 5 heteroatoms. The molecule has 120 valence electrons. The number of methoxy groups -OCH3 is 1. The third-order valence-corrected chi connectivity index (χ3v) is 3.88. The molecule has 0 radical (unpaired) electrons. The maximum Gasteiger partial charge on any atom is 0.254 e. The highest BCUT2D eigenvalue weighted by atomic mass is 16.5. The first-order valence-electron chi connectivity index (χ1n) is 7.50. The molecule has 1 N–H and O–H groups in total. The summed E-state index contributed by atoms with van der Waals surface area (Å²) in [6, 6.07) is 13.4. The van der Waals surface area contributed by atoms with Crippen LogP contribution < -0.4 is 9.47 Å². The Kier molecular flexibility index (Phi) is 4.48. The molecular weight excluding hydrogens is 294 g/mol. The van der Waals surface area contributed by atoms with Crippen molar-refractivity contribution < 1.29 is 19.4 Å². The lowest BCUT2D eigenvalue weighted by molar-refractivity contribution is 0.0745. The molecule has 0 unspecified atom stereocenters. The molecule has 1 heterocycles. The summed E-state index contributed by atoms with van der Waals surface area (Å²) in [6.07, 6.45) is 0. The van der Waals surface area contributed by atoms with Crippen molar-refractivity contribution in [1.29, 1.82) is 0 Å². The lowest BCUT2D eigenvalue weighted by atomic mass is 10.1. The summed E-state index contributed by atoms with van der Waals surface area (Å²) in [5.41, 5.74) is 2.57. The van der Waals surface area contributed by atoms with E-state index in [4.69, 9.17) is 14.6 Å². The maximum atomic E-state index is 12.3. The summed E-state index contributed by atoms with van der Waals surface area (Å²) in [6.45, 7) is 1.20. The van der Waals surface area contributed by atoms with E-state index in [2.05, 4.69) is 0 Å². The quantitative estimate of drug-likeness (QED) is 0.888. The predicted molar refractivity (Wildman–Crippen MR) is 85.6 cm³/mol. The molecule has 1 aliphatic heterocycles. The third-order valence-electron chi connectivity index (χ3n) is 3.88. The van der Waals surface area contributed by atoms with E-state index >= 15 is 0 Å². The number of nitrogens with zero attached hydrogens (tertiary/aromatic N) is 1. The van der Waals surface area contributed by atoms with Gasteiger partial charge in [-0.25, -0.2) is 0 Å². The van der Waals surface area contributed by atoms with Gasteiger partial charge in [0.1, 0.15) is 6.61 Å². The van der Waals surface area contributed by atoms with Crippen molar-refractivity contribution >= 4 is 5.91 Å². The fraction of sp³-hybridized carbons (Fsp3) is 0.278. The van der Waals surface area contributed by atoms with Crippen molar-refractivity contribution in [1.82, 2.24) is 4.90 Å². The SMILES string of the molecule is COc1cc2c(cc1OCc1ccccc1)CN(CCO)C2=O. The van der Waals surface area contributed by atoms with Gasteiger partial charge in [-0.05, 0) is 23.3 Å². The van der Waals surface area contributed by atoms with Gasteiger partial charge in [-0.15, -0.1) is 0 Å². The Morgan fingerprint density at radius 2 is 1.96 bits per heavy atom. The van der Waals surface area contributed by atoms with Gasteiger partial charge < -0.3 is 19.5 Å². The Morgan fingerprint density at radius 1 is 1.17 bits per heavy atom. The number of ether oxygens (including phenoxy) is 2. The molecule has 3 rings (SSSR count). The summed E-state index contributed by atoms with van der Waals surface area (Å²) in [7, 11) is 1.56. The molecule has 1 aliphatic rings. The Labute approximate surface area is 135 Å². The smallest absolute Gasteiger partial charge is 0.254 e. The standard InChI is InChI=1S/C18H19NO4/c1-22-16-10-15-14(11-19(7-8-20)18(15)21)9-17(16)23-12-13-5-3-2-4-6-13/h2-6,9-10,20H,7-8,11-12H2,1H3. The van der Waals surface area contributed by atoms with Gasteiger partial charge in [-0.3, -0.25) is 4.79 Å². The number of amides is 1. The Hall–Kier alpha value is -2.53. The van der Waals surface area contributed by atoms with E-state index in [0.29, 0.717) is 36.8 Å². The van der Waals surface area contributed by atoms with Crippen LogP contribution in [0.4, 0.5) is 0 Å². The predicted octanol–water partition coefficient (Wildman–Crippen LogP) is 2.22. The highest BCUT2D eigenvalue weighted by Crippen LogP contribution is 2.35. The van der Waals surface area contributed by atoms with Gasteiger partial charge >= 0.3 is 0 Å². The number of carbonyl (C=O) groups is 1. The maximum absolute atomic E-state index is 12.3. The number of hydrogen-bond donors (Lipinski definition) is 1. The van der Waals surface area contributed by atoms with Crippen LogP contribution in [0.2, 0.25) is 0 Å². The van der Waals surface area contributed by atoms with Crippen LogP contribution in [0.5, 0.6) is 11.5 Å². The van der Waals surface area contributed by atoms with E-state index in [9.17, 15) is 4.79 Å². The Bertz CT molecular complexity index is 700. The topological polar surface area (TPSA) is 59.0 Å². The van der Waals surface area contributed by atoms with Crippen molar-refractivity contribution in [3.63, 3.8) is 0 Å². The second-order valence-electron chi connectivity index (χ2n) is 5.38. The summed E-state index contributed by atoms with van der Waals surface area (Å²) in [5.74, 6) is 1.08. The molecule has 1 amide bonds. The van der Waals surface area contributed by atoms with Crippen LogP contribution in [-0.4, -0.2) is 36.2 Å². The average Bonchev–Trinajstić information content (AvgIpc) is 2.89. The molecule has 2 aromatic carbocycles. The number of hydrogen-bond acceptors (Lipinski definition) is 4. The first kappa shape index (κ1) is 15.4. The summed E-state index contributed by atoms with van der Waals surface area (Å²) in [5, 5.41) is 9.05. The van der Waals surface area contributed by atoms with E-state index in [1.165, 1.54) is 0 Å². The molecular formula is C18H19NO4. The zero-order chi connectivity index (χ0) is 16.2. The molecule has 23 heavy (non-hydrogen) atoms. The Morgan fingerprint density at radius 3 is 2.65 bits per heavy atom. The van der Waals surface area contributed by atoms with E-state index < -0.39 is 0 Å². The number of aliphatic hydroxyl groups is 1. The van der Waals surface area contributed by atoms with E-state index in [-0.39, 0.29) is 12.5 Å². The molecule has 0 saturated carbocycles. The summed E-state index contributed by atoms with van der Waals surface area (Å²) in [4.78, 5) is 13.9. The number of aliphatic hydroxyl groups excluding tert-OH is 1. The minimum Gasteiger partial charge on any atom is -0.493 e. The molecule has 0 aromatic heterocycles. The molecule has 0 fully saturated rings. The minimum atomic E-state index is -0.0815. The lowest BCUT2D eigenvalue weighted by Crippen LogP contribution is -2.26. The number of rotatable bonds is 6. The number of β-amino-alcohol motifs (C(OH)–C–C–N with tert-alkyl or cyclic N) is 1. The van der Waals surface area contributed by atoms with Crippen molar-refractivity contribution in [2.45, 2.75) is 13.2 Å². The molecule has 2 aromatic rings. The van der Waals surface area contributed by atoms with Crippen LogP contribution in [0.25, 0.3) is 0 Å². The third kappa shape index (κ3) is 3.14. The second-order valence-corrected chi connectivity index (χ2v) is 5.38. The Balaban J connectivity index is 1.82. The lowest BCUT2D eigenvalue weighted by Gasteiger charge is -2.12. The van der Waals surface area contributed by atoms with Crippen molar-refractivity contribution in [3.8, 4) is 11.5 Å². The zero-order valence-corrected chi connectivity index (χ0v) is 13.0. The van der Waals surface area contributed by atoms with E-state index in [0.717, 1.165) is 11.1 Å². The molecule has 0 atom stereocenters. The van der Waals surface area contributed by atoms with Crippen LogP contribution in [0.1, 0.15) is 21.5 Å². The second kappa shape index (κ2) is 6.71. The van der Waals surface area contributed by atoms with E-state index in [1.807, 2.05) is 36.4 Å². The molecule has 0 saturated heterocycles. The fourth-order valence-corrected chi connectivity index (χ4v) is 2.69. The number of benzene rings is 2. The van der Waals surface area contributed by atoms with Gasteiger partial charge in [0, 0.05) is 18.7 Å². The van der Waals surface area contributed by atoms with Gasteiger partial charge in [-0.1, -0.05) is 30.3 Å². The molecule has 0 aliphatic carbocycles. The molecule has 0 bridgehead atoms. The minimum absolute atomic E-state index is 0.0474. The van der Waals surface area contributed by atoms with Crippen LogP contribution in [-0.2, 0) is 13.2 Å². The van der Waals surface area contributed by atoms with Crippen molar-refractivity contribution in [3.05, 3.63) is 59.2 Å². The van der Waals surface area contributed by atoms with Gasteiger partial charge in [0.2, 0.25) is 0 Å². The first-order chi connectivity index (χ1) is 11.2. The summed E-state index contributed by atoms with van der Waals surface area (Å²) < 4.78 is 11.2. The monoisotopic (exact) mass is 313 g/mol. The van der Waals surface area contributed by atoms with E-state index in [1.54, 1.807) is 18.1 Å². The largest absolute Gasteiger partial charge is 0.493 e.